The first-order chi connectivity index (χ1) is 18.9. The molecule has 194 valence electrons. The number of hydrogen-bond acceptors (Lipinski definition) is 5. The molecule has 6 nitrogen and oxygen atoms in total. The zero-order valence-electron chi connectivity index (χ0n) is 21.5. The maximum atomic E-state index is 14.0. The van der Waals surface area contributed by atoms with E-state index in [-0.39, 0.29) is 16.8 Å². The zero-order chi connectivity index (χ0) is 27.3. The summed E-state index contributed by atoms with van der Waals surface area (Å²) < 4.78 is 17.5. The largest absolute Gasteiger partial charge is 0.495 e. The lowest BCUT2D eigenvalue weighted by molar-refractivity contribution is 0.0971. The Balaban J connectivity index is 1.57. The Kier molecular flexibility index (Phi) is 6.12. The van der Waals surface area contributed by atoms with Crippen molar-refractivity contribution in [2.45, 2.75) is 19.9 Å². The summed E-state index contributed by atoms with van der Waals surface area (Å²) in [7, 11) is 1.52. The molecule has 1 aromatic heterocycles. The fourth-order valence-corrected chi connectivity index (χ4v) is 5.24. The van der Waals surface area contributed by atoms with Crippen LogP contribution in [-0.2, 0) is 0 Å². The van der Waals surface area contributed by atoms with Crippen molar-refractivity contribution < 1.29 is 18.7 Å². The number of halogens is 1. The molecule has 2 heterocycles. The summed E-state index contributed by atoms with van der Waals surface area (Å²) in [5.74, 6) is 1.31. The van der Waals surface area contributed by atoms with Gasteiger partial charge in [0.1, 0.15) is 22.8 Å². The number of amides is 1. The maximum Gasteiger partial charge on any atom is 0.295 e. The number of benzene rings is 4. The van der Waals surface area contributed by atoms with Crippen molar-refractivity contribution >= 4 is 34.2 Å². The van der Waals surface area contributed by atoms with Gasteiger partial charge in [0.25, 0.3) is 5.91 Å². The van der Waals surface area contributed by atoms with Gasteiger partial charge in [0.05, 0.1) is 29.1 Å². The Morgan fingerprint density at radius 1 is 0.846 bits per heavy atom. The summed E-state index contributed by atoms with van der Waals surface area (Å²) >= 11 is 6.46. The third-order valence-electron chi connectivity index (χ3n) is 7.05. The number of para-hydroxylation sites is 1. The molecular formula is C32H24ClNO5. The van der Waals surface area contributed by atoms with Gasteiger partial charge in [-0.25, -0.2) is 0 Å². The van der Waals surface area contributed by atoms with E-state index in [0.717, 1.165) is 11.1 Å². The van der Waals surface area contributed by atoms with Gasteiger partial charge in [0, 0.05) is 5.69 Å². The molecule has 0 N–H and O–H groups in total. The van der Waals surface area contributed by atoms with Crippen LogP contribution in [0.4, 0.5) is 5.69 Å². The van der Waals surface area contributed by atoms with E-state index in [9.17, 15) is 9.59 Å². The third-order valence-corrected chi connectivity index (χ3v) is 7.35. The predicted molar refractivity (Wildman–Crippen MR) is 152 cm³/mol. The van der Waals surface area contributed by atoms with Gasteiger partial charge in [-0.3, -0.25) is 14.5 Å². The van der Waals surface area contributed by atoms with Crippen LogP contribution in [0.25, 0.3) is 11.0 Å². The average Bonchev–Trinajstić information content (AvgIpc) is 3.23. The number of carbonyl (C=O) groups excluding carboxylic acids is 1. The maximum absolute atomic E-state index is 14.0. The molecule has 6 rings (SSSR count). The molecule has 1 atom stereocenters. The van der Waals surface area contributed by atoms with Gasteiger partial charge < -0.3 is 13.9 Å². The van der Waals surface area contributed by atoms with Crippen LogP contribution in [0.1, 0.15) is 38.9 Å². The second-order valence-corrected chi connectivity index (χ2v) is 9.90. The number of aryl methyl sites for hydroxylation is 2. The molecule has 1 aliphatic heterocycles. The van der Waals surface area contributed by atoms with Crippen LogP contribution >= 0.6 is 11.6 Å². The van der Waals surface area contributed by atoms with Crippen LogP contribution in [0.15, 0.2) is 94.1 Å². The molecule has 1 aliphatic rings. The summed E-state index contributed by atoms with van der Waals surface area (Å²) in [5, 5.41) is 0.773. The fraction of sp³-hybridized carbons (Fsp3) is 0.125. The first kappa shape index (κ1) is 24.8. The molecule has 0 fully saturated rings. The topological polar surface area (TPSA) is 69.0 Å². The lowest BCUT2D eigenvalue weighted by Crippen LogP contribution is -2.29. The van der Waals surface area contributed by atoms with Crippen molar-refractivity contribution in [3.8, 4) is 17.2 Å². The Labute approximate surface area is 230 Å². The van der Waals surface area contributed by atoms with E-state index in [4.69, 9.17) is 25.5 Å². The Hall–Kier alpha value is -4.55. The Morgan fingerprint density at radius 2 is 1.59 bits per heavy atom. The highest BCUT2D eigenvalue weighted by Crippen LogP contribution is 2.43. The average molecular weight is 538 g/mol. The third kappa shape index (κ3) is 4.23. The molecule has 4 aromatic carbocycles. The molecule has 0 saturated carbocycles. The second kappa shape index (κ2) is 9.64. The smallest absolute Gasteiger partial charge is 0.295 e. The summed E-state index contributed by atoms with van der Waals surface area (Å²) in [5.41, 5.74) is 3.55. The van der Waals surface area contributed by atoms with E-state index in [1.54, 1.807) is 29.2 Å². The van der Waals surface area contributed by atoms with Crippen LogP contribution in [0, 0.1) is 13.8 Å². The van der Waals surface area contributed by atoms with E-state index in [0.29, 0.717) is 44.5 Å². The van der Waals surface area contributed by atoms with E-state index >= 15 is 0 Å². The SMILES string of the molecule is COc1ccc(N2C(=O)c3oc4cc(C)c(C)cc4c(=O)c3C2c2cccc(Oc3ccccc3)c2)cc1Cl. The minimum atomic E-state index is -0.765. The van der Waals surface area contributed by atoms with Crippen molar-refractivity contribution in [2.24, 2.45) is 0 Å². The summed E-state index contributed by atoms with van der Waals surface area (Å²) in [6, 6.07) is 24.7. The molecule has 7 heteroatoms. The van der Waals surface area contributed by atoms with Gasteiger partial charge >= 0.3 is 0 Å². The van der Waals surface area contributed by atoms with Gasteiger partial charge in [-0.1, -0.05) is 41.9 Å². The number of rotatable bonds is 5. The van der Waals surface area contributed by atoms with Crippen molar-refractivity contribution in [3.63, 3.8) is 0 Å². The number of nitrogens with zero attached hydrogens (tertiary/aromatic N) is 1. The van der Waals surface area contributed by atoms with Gasteiger partial charge in [-0.15, -0.1) is 0 Å². The summed E-state index contributed by atoms with van der Waals surface area (Å²) in [6.07, 6.45) is 0. The monoisotopic (exact) mass is 537 g/mol. The Morgan fingerprint density at radius 3 is 2.33 bits per heavy atom. The lowest BCUT2D eigenvalue weighted by Gasteiger charge is -2.26. The minimum absolute atomic E-state index is 0.0158. The molecule has 0 bridgehead atoms. The molecule has 0 radical (unpaired) electrons. The molecule has 0 spiro atoms. The van der Waals surface area contributed by atoms with Gasteiger partial charge in [-0.2, -0.15) is 0 Å². The molecule has 5 aromatic rings. The zero-order valence-corrected chi connectivity index (χ0v) is 22.3. The van der Waals surface area contributed by atoms with Crippen molar-refractivity contribution in [1.82, 2.24) is 0 Å². The molecule has 39 heavy (non-hydrogen) atoms. The quantitative estimate of drug-likeness (QED) is 0.231. The summed E-state index contributed by atoms with van der Waals surface area (Å²) in [4.78, 5) is 29.5. The van der Waals surface area contributed by atoms with Crippen molar-refractivity contribution in [1.29, 1.82) is 0 Å². The highest BCUT2D eigenvalue weighted by Gasteiger charge is 2.44. The molecule has 0 saturated heterocycles. The fourth-order valence-electron chi connectivity index (χ4n) is 4.99. The number of fused-ring (bicyclic) bond motifs is 2. The highest BCUT2D eigenvalue weighted by atomic mass is 35.5. The van der Waals surface area contributed by atoms with Crippen LogP contribution in [-0.4, -0.2) is 13.0 Å². The van der Waals surface area contributed by atoms with Crippen molar-refractivity contribution in [2.75, 3.05) is 12.0 Å². The van der Waals surface area contributed by atoms with Crippen LogP contribution in [0.3, 0.4) is 0 Å². The lowest BCUT2D eigenvalue weighted by atomic mass is 9.97. The minimum Gasteiger partial charge on any atom is -0.495 e. The second-order valence-electron chi connectivity index (χ2n) is 9.49. The number of ether oxygens (including phenoxy) is 2. The molecule has 1 amide bonds. The molecule has 1 unspecified atom stereocenters. The number of carbonyl (C=O) groups is 1. The van der Waals surface area contributed by atoms with Crippen molar-refractivity contribution in [3.05, 3.63) is 128 Å². The normalized spacial score (nSPS) is 14.5. The van der Waals surface area contributed by atoms with Gasteiger partial charge in [-0.05, 0) is 85.1 Å². The first-order valence-electron chi connectivity index (χ1n) is 12.4. The standard InChI is InChI=1S/C32H24ClNO5/c1-18-14-24-27(15-19(18)2)39-31-28(30(24)35)29(34(32(31)36)21-12-13-26(37-3)25(33)17-21)20-8-7-11-23(16-20)38-22-9-5-4-6-10-22/h4-17,29H,1-3H3. The van der Waals surface area contributed by atoms with Crippen LogP contribution in [0.2, 0.25) is 5.02 Å². The van der Waals surface area contributed by atoms with E-state index in [2.05, 4.69) is 0 Å². The van der Waals surface area contributed by atoms with Crippen LogP contribution in [0.5, 0.6) is 17.2 Å². The van der Waals surface area contributed by atoms with E-state index in [1.165, 1.54) is 7.11 Å². The number of hydrogen-bond donors (Lipinski definition) is 0. The van der Waals surface area contributed by atoms with Gasteiger partial charge in [0.15, 0.2) is 5.43 Å². The van der Waals surface area contributed by atoms with Crippen LogP contribution < -0.4 is 19.8 Å². The molecule has 0 aliphatic carbocycles. The van der Waals surface area contributed by atoms with Gasteiger partial charge in [0.2, 0.25) is 5.76 Å². The Bertz CT molecular complexity index is 1810. The number of anilines is 1. The van der Waals surface area contributed by atoms with E-state index in [1.807, 2.05) is 74.5 Å². The molecular weight excluding hydrogens is 514 g/mol. The highest BCUT2D eigenvalue weighted by molar-refractivity contribution is 6.32. The first-order valence-corrected chi connectivity index (χ1v) is 12.8. The van der Waals surface area contributed by atoms with E-state index < -0.39 is 11.9 Å². The predicted octanol–water partition coefficient (Wildman–Crippen LogP) is 7.61. The number of methoxy groups -OCH3 is 1. The summed E-state index contributed by atoms with van der Waals surface area (Å²) in [6.45, 7) is 3.89.